The van der Waals surface area contributed by atoms with Crippen molar-refractivity contribution in [2.24, 2.45) is 0 Å². The molecule has 0 unspecified atom stereocenters. The third-order valence-electron chi connectivity index (χ3n) is 2.80. The molecule has 0 aliphatic rings. The zero-order valence-electron chi connectivity index (χ0n) is 10.8. The summed E-state index contributed by atoms with van der Waals surface area (Å²) < 4.78 is 27.2. The maximum Gasteiger partial charge on any atom is 0.308 e. The Labute approximate surface area is 117 Å². The quantitative estimate of drug-likeness (QED) is 0.668. The number of nitrogens with zero attached hydrogens (tertiary/aromatic N) is 2. The number of halogens is 2. The number of carbonyl (C=O) groups excluding carboxylic acids is 1. The average molecular weight is 296 g/mol. The summed E-state index contributed by atoms with van der Waals surface area (Å²) in [6.45, 7) is 1.81. The Morgan fingerprint density at radius 2 is 2.19 bits per heavy atom. The van der Waals surface area contributed by atoms with Crippen LogP contribution in [0.4, 0.5) is 20.3 Å². The summed E-state index contributed by atoms with van der Waals surface area (Å²) in [5.74, 6) is -3.24. The Bertz CT molecular complexity index is 715. The molecule has 0 radical (unpaired) electrons. The van der Waals surface area contributed by atoms with Crippen molar-refractivity contribution < 1.29 is 18.5 Å². The van der Waals surface area contributed by atoms with Crippen molar-refractivity contribution in [3.8, 4) is 0 Å². The minimum absolute atomic E-state index is 0.230. The Kier molecular flexibility index (Phi) is 3.92. The molecule has 0 atom stereocenters. The van der Waals surface area contributed by atoms with E-state index < -0.39 is 33.7 Å². The van der Waals surface area contributed by atoms with Crippen molar-refractivity contribution in [3.63, 3.8) is 0 Å². The van der Waals surface area contributed by atoms with Gasteiger partial charge in [-0.3, -0.25) is 20.0 Å². The van der Waals surface area contributed by atoms with Gasteiger partial charge in [0.25, 0.3) is 5.91 Å². The van der Waals surface area contributed by atoms with Crippen LogP contribution in [0.2, 0.25) is 0 Å². The van der Waals surface area contributed by atoms with Crippen molar-refractivity contribution in [3.05, 3.63) is 51.2 Å². The van der Waals surface area contributed by atoms with Gasteiger partial charge in [-0.2, -0.15) is 9.49 Å². The second-order valence-corrected chi connectivity index (χ2v) is 4.12. The summed E-state index contributed by atoms with van der Waals surface area (Å²) >= 11 is 0. The van der Waals surface area contributed by atoms with Gasteiger partial charge in [-0.1, -0.05) is 6.92 Å². The number of nitrogens with one attached hydrogen (secondary N) is 2. The lowest BCUT2D eigenvalue weighted by Crippen LogP contribution is -2.16. The molecule has 2 aromatic rings. The van der Waals surface area contributed by atoms with Gasteiger partial charge in [0, 0.05) is 5.56 Å². The van der Waals surface area contributed by atoms with E-state index in [1.54, 1.807) is 0 Å². The van der Waals surface area contributed by atoms with Crippen LogP contribution in [0.3, 0.4) is 0 Å². The number of amides is 1. The topological polar surface area (TPSA) is 101 Å². The molecular formula is C12H10F2N4O3. The smallest absolute Gasteiger partial charge is 0.307 e. The first-order valence-electron chi connectivity index (χ1n) is 5.91. The fraction of sp³-hybridized carbons (Fsp3) is 0.167. The van der Waals surface area contributed by atoms with Gasteiger partial charge in [-0.25, -0.2) is 4.39 Å². The van der Waals surface area contributed by atoms with Crippen molar-refractivity contribution in [2.45, 2.75) is 13.3 Å². The molecule has 0 saturated heterocycles. The summed E-state index contributed by atoms with van der Waals surface area (Å²) in [4.78, 5) is 21.5. The summed E-state index contributed by atoms with van der Waals surface area (Å²) in [6.07, 6.45) is 2.03. The van der Waals surface area contributed by atoms with Crippen LogP contribution in [0, 0.1) is 21.7 Å². The number of benzene rings is 1. The number of aromatic nitrogens is 2. The van der Waals surface area contributed by atoms with E-state index in [1.807, 2.05) is 6.92 Å². The second kappa shape index (κ2) is 5.65. The Morgan fingerprint density at radius 3 is 2.81 bits per heavy atom. The molecule has 110 valence electrons. The highest BCUT2D eigenvalue weighted by molar-refractivity contribution is 6.04. The van der Waals surface area contributed by atoms with Crippen LogP contribution in [-0.2, 0) is 6.42 Å². The fourth-order valence-electron chi connectivity index (χ4n) is 1.74. The molecule has 2 N–H and O–H groups in total. The van der Waals surface area contributed by atoms with Crippen LogP contribution >= 0.6 is 0 Å². The van der Waals surface area contributed by atoms with Crippen molar-refractivity contribution in [1.29, 1.82) is 0 Å². The number of nitro benzene ring substituents is 1. The summed E-state index contributed by atoms with van der Waals surface area (Å²) in [5.41, 5.74) is -1.19. The highest BCUT2D eigenvalue weighted by Gasteiger charge is 2.24. The van der Waals surface area contributed by atoms with Gasteiger partial charge in [0.2, 0.25) is 5.82 Å². The SMILES string of the molecule is CCc1cn[nH]c1NC(=O)c1cc(F)cc([N+](=O)[O-])c1F. The molecule has 1 amide bonds. The Hall–Kier alpha value is -2.84. The van der Waals surface area contributed by atoms with Gasteiger partial charge in [-0.05, 0) is 12.5 Å². The Balaban J connectivity index is 2.38. The molecule has 0 saturated carbocycles. The third kappa shape index (κ3) is 2.86. The zero-order chi connectivity index (χ0) is 15.6. The van der Waals surface area contributed by atoms with Gasteiger partial charge >= 0.3 is 5.69 Å². The lowest BCUT2D eigenvalue weighted by Gasteiger charge is -2.06. The normalized spacial score (nSPS) is 10.4. The van der Waals surface area contributed by atoms with E-state index in [0.717, 1.165) is 0 Å². The van der Waals surface area contributed by atoms with Crippen molar-refractivity contribution in [1.82, 2.24) is 10.2 Å². The monoisotopic (exact) mass is 296 g/mol. The molecule has 9 heteroatoms. The molecular weight excluding hydrogens is 286 g/mol. The van der Waals surface area contributed by atoms with Gasteiger partial charge in [0.05, 0.1) is 22.7 Å². The molecule has 1 heterocycles. The summed E-state index contributed by atoms with van der Waals surface area (Å²) in [5, 5.41) is 19.1. The van der Waals surface area contributed by atoms with E-state index in [4.69, 9.17) is 0 Å². The molecule has 0 spiro atoms. The van der Waals surface area contributed by atoms with E-state index in [-0.39, 0.29) is 5.82 Å². The zero-order valence-corrected chi connectivity index (χ0v) is 10.8. The molecule has 0 fully saturated rings. The molecule has 0 aliphatic carbocycles. The number of H-pyrrole nitrogens is 1. The number of hydrogen-bond acceptors (Lipinski definition) is 4. The molecule has 0 aliphatic heterocycles. The van der Waals surface area contributed by atoms with Crippen LogP contribution in [0.1, 0.15) is 22.8 Å². The van der Waals surface area contributed by atoms with Crippen molar-refractivity contribution in [2.75, 3.05) is 5.32 Å². The maximum atomic E-state index is 13.9. The highest BCUT2D eigenvalue weighted by Crippen LogP contribution is 2.23. The van der Waals surface area contributed by atoms with Crippen LogP contribution in [0.25, 0.3) is 0 Å². The third-order valence-corrected chi connectivity index (χ3v) is 2.80. The molecule has 7 nitrogen and oxygen atoms in total. The number of nitro groups is 1. The number of aryl methyl sites for hydroxylation is 1. The minimum Gasteiger partial charge on any atom is -0.307 e. The molecule has 0 bridgehead atoms. The van der Waals surface area contributed by atoms with E-state index in [1.165, 1.54) is 6.20 Å². The number of carbonyl (C=O) groups is 1. The van der Waals surface area contributed by atoms with Crippen LogP contribution in [0.15, 0.2) is 18.3 Å². The lowest BCUT2D eigenvalue weighted by molar-refractivity contribution is -0.387. The lowest BCUT2D eigenvalue weighted by atomic mass is 10.1. The summed E-state index contributed by atoms with van der Waals surface area (Å²) in [7, 11) is 0. The number of rotatable bonds is 4. The predicted molar refractivity (Wildman–Crippen MR) is 68.9 cm³/mol. The van der Waals surface area contributed by atoms with Crippen LogP contribution < -0.4 is 5.32 Å². The molecule has 1 aromatic carbocycles. The first-order valence-corrected chi connectivity index (χ1v) is 5.91. The van der Waals surface area contributed by atoms with Crippen LogP contribution in [0.5, 0.6) is 0 Å². The van der Waals surface area contributed by atoms with Gasteiger partial charge in [-0.15, -0.1) is 0 Å². The number of aromatic amines is 1. The standard InChI is InChI=1S/C12H10F2N4O3/c1-2-6-5-15-17-11(6)16-12(19)8-3-7(13)4-9(10(8)14)18(20)21/h3-5H,2H2,1H3,(H2,15,16,17,19). The van der Waals surface area contributed by atoms with E-state index in [9.17, 15) is 23.7 Å². The summed E-state index contributed by atoms with van der Waals surface area (Å²) in [6, 6.07) is 1.01. The molecule has 21 heavy (non-hydrogen) atoms. The van der Waals surface area contributed by atoms with E-state index in [0.29, 0.717) is 24.1 Å². The second-order valence-electron chi connectivity index (χ2n) is 4.12. The van der Waals surface area contributed by atoms with E-state index >= 15 is 0 Å². The number of hydrogen-bond donors (Lipinski definition) is 2. The maximum absolute atomic E-state index is 13.9. The number of anilines is 1. The van der Waals surface area contributed by atoms with E-state index in [2.05, 4.69) is 15.5 Å². The first-order chi connectivity index (χ1) is 9.93. The molecule has 1 aromatic heterocycles. The largest absolute Gasteiger partial charge is 0.308 e. The van der Waals surface area contributed by atoms with Crippen molar-refractivity contribution >= 4 is 17.4 Å². The highest BCUT2D eigenvalue weighted by atomic mass is 19.1. The average Bonchev–Trinajstić information content (AvgIpc) is 2.87. The van der Waals surface area contributed by atoms with Gasteiger partial charge in [0.15, 0.2) is 0 Å². The van der Waals surface area contributed by atoms with Gasteiger partial charge in [0.1, 0.15) is 11.6 Å². The van der Waals surface area contributed by atoms with Crippen LogP contribution in [-0.4, -0.2) is 21.0 Å². The van der Waals surface area contributed by atoms with Gasteiger partial charge < -0.3 is 5.32 Å². The fourth-order valence-corrected chi connectivity index (χ4v) is 1.74. The first kappa shape index (κ1) is 14.6. The predicted octanol–water partition coefficient (Wildman–Crippen LogP) is 2.41. The minimum atomic E-state index is -1.39. The Morgan fingerprint density at radius 1 is 1.48 bits per heavy atom. The molecule has 2 rings (SSSR count).